The van der Waals surface area contributed by atoms with Crippen molar-refractivity contribution in [1.82, 2.24) is 0 Å². The fourth-order valence-corrected chi connectivity index (χ4v) is 2.72. The normalized spacial score (nSPS) is 11.5. The molecule has 0 amide bonds. The van der Waals surface area contributed by atoms with Gasteiger partial charge in [0.1, 0.15) is 10.7 Å². The molecule has 0 N–H and O–H groups in total. The minimum Gasteiger partial charge on any atom is -0.207 e. The highest BCUT2D eigenvalue weighted by Gasteiger charge is 2.17. The summed E-state index contributed by atoms with van der Waals surface area (Å²) in [5.74, 6) is -0.888. The molecule has 0 fully saturated rings. The van der Waals surface area contributed by atoms with Crippen molar-refractivity contribution in [1.29, 1.82) is 0 Å². The summed E-state index contributed by atoms with van der Waals surface area (Å²) in [7, 11) is 1.04. The Bertz CT molecular complexity index is 699. The van der Waals surface area contributed by atoms with Gasteiger partial charge in [0.2, 0.25) is 0 Å². The predicted octanol–water partition coefficient (Wildman–Crippen LogP) is 4.07. The molecule has 0 aliphatic carbocycles. The Balaban J connectivity index is 2.66. The van der Waals surface area contributed by atoms with E-state index in [2.05, 4.69) is 0 Å². The lowest BCUT2D eigenvalue weighted by molar-refractivity contribution is 0.576. The van der Waals surface area contributed by atoms with E-state index >= 15 is 0 Å². The average Bonchev–Trinajstić information content (AvgIpc) is 2.29. The third-order valence-electron chi connectivity index (χ3n) is 2.38. The lowest BCUT2D eigenvalue weighted by Crippen LogP contribution is -1.96. The van der Waals surface area contributed by atoms with E-state index in [0.29, 0.717) is 16.1 Å². The van der Waals surface area contributed by atoms with Crippen molar-refractivity contribution in [2.24, 2.45) is 0 Å². The van der Waals surface area contributed by atoms with Gasteiger partial charge >= 0.3 is 0 Å². The van der Waals surface area contributed by atoms with Crippen LogP contribution in [0.1, 0.15) is 0 Å². The molecule has 0 saturated carbocycles. The summed E-state index contributed by atoms with van der Waals surface area (Å²) in [5.41, 5.74) is 1.10. The minimum absolute atomic E-state index is 0.446. The van der Waals surface area contributed by atoms with Gasteiger partial charge in [-0.1, -0.05) is 35.9 Å². The van der Waals surface area contributed by atoms with Crippen LogP contribution < -0.4 is 0 Å². The minimum atomic E-state index is -4.12. The van der Waals surface area contributed by atoms with E-state index < -0.39 is 19.8 Å². The second-order valence-corrected chi connectivity index (χ2v) is 6.50. The zero-order valence-corrected chi connectivity index (χ0v) is 11.2. The first kappa shape index (κ1) is 13.3. The Labute approximate surface area is 113 Å². The highest BCUT2D eigenvalue weighted by Crippen LogP contribution is 2.30. The highest BCUT2D eigenvalue weighted by molar-refractivity contribution is 8.13. The molecule has 94 valence electrons. The van der Waals surface area contributed by atoms with Crippen molar-refractivity contribution in [3.8, 4) is 11.1 Å². The smallest absolute Gasteiger partial charge is 0.207 e. The maximum atomic E-state index is 13.4. The van der Waals surface area contributed by atoms with Crippen LogP contribution in [0.3, 0.4) is 0 Å². The Kier molecular flexibility index (Phi) is 3.61. The number of hydrogen-bond donors (Lipinski definition) is 0. The van der Waals surface area contributed by atoms with Crippen molar-refractivity contribution >= 4 is 31.3 Å². The van der Waals surface area contributed by atoms with Crippen molar-refractivity contribution in [2.45, 2.75) is 4.90 Å². The van der Waals surface area contributed by atoms with E-state index in [9.17, 15) is 12.8 Å². The first-order valence-corrected chi connectivity index (χ1v) is 7.57. The van der Waals surface area contributed by atoms with Crippen LogP contribution in [0.4, 0.5) is 4.39 Å². The number of rotatable bonds is 2. The van der Waals surface area contributed by atoms with Crippen LogP contribution in [0.25, 0.3) is 11.1 Å². The van der Waals surface area contributed by atoms with Gasteiger partial charge in [-0.3, -0.25) is 0 Å². The number of halogens is 3. The maximum Gasteiger partial charge on any atom is 0.264 e. The van der Waals surface area contributed by atoms with Crippen LogP contribution in [0.5, 0.6) is 0 Å². The summed E-state index contributed by atoms with van der Waals surface area (Å²) in [6.07, 6.45) is 0. The van der Waals surface area contributed by atoms with Gasteiger partial charge in [-0.05, 0) is 23.8 Å². The molecule has 6 heteroatoms. The largest absolute Gasteiger partial charge is 0.264 e. The molecule has 0 aliphatic heterocycles. The molecule has 0 aromatic heterocycles. The topological polar surface area (TPSA) is 34.1 Å². The van der Waals surface area contributed by atoms with Gasteiger partial charge in [-0.15, -0.1) is 0 Å². The SMILES string of the molecule is O=S(=O)(Cl)c1cc(-c2ccccc2Cl)ccc1F. The zero-order valence-electron chi connectivity index (χ0n) is 8.90. The Morgan fingerprint density at radius 3 is 2.33 bits per heavy atom. The van der Waals surface area contributed by atoms with Gasteiger partial charge in [-0.2, -0.15) is 0 Å². The van der Waals surface area contributed by atoms with E-state index in [0.717, 1.165) is 6.07 Å². The van der Waals surface area contributed by atoms with E-state index in [-0.39, 0.29) is 0 Å². The summed E-state index contributed by atoms with van der Waals surface area (Å²) in [4.78, 5) is -0.554. The van der Waals surface area contributed by atoms with Crippen molar-refractivity contribution < 1.29 is 12.8 Å². The van der Waals surface area contributed by atoms with Gasteiger partial charge in [-0.25, -0.2) is 12.8 Å². The van der Waals surface area contributed by atoms with E-state index in [1.54, 1.807) is 24.3 Å². The van der Waals surface area contributed by atoms with Gasteiger partial charge in [0, 0.05) is 21.3 Å². The third-order valence-corrected chi connectivity index (χ3v) is 4.05. The zero-order chi connectivity index (χ0) is 13.3. The van der Waals surface area contributed by atoms with Crippen molar-refractivity contribution in [3.05, 3.63) is 53.3 Å². The second-order valence-electron chi connectivity index (χ2n) is 3.56. The predicted molar refractivity (Wildman–Crippen MR) is 69.9 cm³/mol. The summed E-state index contributed by atoms with van der Waals surface area (Å²) in [5, 5.41) is 0.446. The Hall–Kier alpha value is -1.10. The van der Waals surface area contributed by atoms with Crippen LogP contribution in [-0.4, -0.2) is 8.42 Å². The summed E-state index contributed by atoms with van der Waals surface area (Å²) < 4.78 is 35.8. The fourth-order valence-electron chi connectivity index (χ4n) is 1.55. The quantitative estimate of drug-likeness (QED) is 0.784. The average molecular weight is 305 g/mol. The standard InChI is InChI=1S/C12H7Cl2FO2S/c13-10-4-2-1-3-9(10)8-5-6-11(15)12(7-8)18(14,16)17/h1-7H. The molecular formula is C12H7Cl2FO2S. The Morgan fingerprint density at radius 2 is 1.72 bits per heavy atom. The molecule has 2 aromatic carbocycles. The van der Waals surface area contributed by atoms with Crippen LogP contribution >= 0.6 is 22.3 Å². The lowest BCUT2D eigenvalue weighted by Gasteiger charge is -2.06. The maximum absolute atomic E-state index is 13.4. The Morgan fingerprint density at radius 1 is 1.06 bits per heavy atom. The van der Waals surface area contributed by atoms with E-state index in [4.69, 9.17) is 22.3 Å². The van der Waals surface area contributed by atoms with Gasteiger partial charge in [0.25, 0.3) is 9.05 Å². The van der Waals surface area contributed by atoms with Crippen LogP contribution in [0.15, 0.2) is 47.4 Å². The van der Waals surface area contributed by atoms with E-state index in [1.807, 2.05) is 0 Å². The van der Waals surface area contributed by atoms with Crippen molar-refractivity contribution in [3.63, 3.8) is 0 Å². The van der Waals surface area contributed by atoms with Gasteiger partial charge < -0.3 is 0 Å². The highest BCUT2D eigenvalue weighted by atomic mass is 35.7. The molecule has 2 nitrogen and oxygen atoms in total. The fraction of sp³-hybridized carbons (Fsp3) is 0. The van der Waals surface area contributed by atoms with Crippen molar-refractivity contribution in [2.75, 3.05) is 0 Å². The number of benzene rings is 2. The molecule has 2 aromatic rings. The van der Waals surface area contributed by atoms with Gasteiger partial charge in [0.15, 0.2) is 0 Å². The molecule has 0 unspecified atom stereocenters. The van der Waals surface area contributed by atoms with Crippen LogP contribution in [0.2, 0.25) is 5.02 Å². The second kappa shape index (κ2) is 4.88. The molecular weight excluding hydrogens is 298 g/mol. The summed E-state index contributed by atoms with van der Waals surface area (Å²) >= 11 is 5.99. The molecule has 0 radical (unpaired) electrons. The molecule has 0 heterocycles. The lowest BCUT2D eigenvalue weighted by atomic mass is 10.1. The monoisotopic (exact) mass is 304 g/mol. The third kappa shape index (κ3) is 2.66. The summed E-state index contributed by atoms with van der Waals surface area (Å²) in [6.45, 7) is 0. The van der Waals surface area contributed by atoms with E-state index in [1.165, 1.54) is 12.1 Å². The molecule has 0 aliphatic rings. The summed E-state index contributed by atoms with van der Waals surface area (Å²) in [6, 6.07) is 10.5. The van der Waals surface area contributed by atoms with Gasteiger partial charge in [0.05, 0.1) is 0 Å². The molecule has 0 bridgehead atoms. The molecule has 18 heavy (non-hydrogen) atoms. The first-order valence-electron chi connectivity index (χ1n) is 4.89. The molecule has 0 saturated heterocycles. The van der Waals surface area contributed by atoms with Crippen LogP contribution in [-0.2, 0) is 9.05 Å². The molecule has 2 rings (SSSR count). The molecule has 0 spiro atoms. The number of hydrogen-bond acceptors (Lipinski definition) is 2. The molecule has 0 atom stereocenters. The van der Waals surface area contributed by atoms with Crippen LogP contribution in [0, 0.1) is 5.82 Å². The first-order chi connectivity index (χ1) is 8.39.